The Hall–Kier alpha value is -2.20. The summed E-state index contributed by atoms with van der Waals surface area (Å²) in [7, 11) is 0. The van der Waals surface area contributed by atoms with Crippen molar-refractivity contribution in [2.24, 2.45) is 11.7 Å². The first-order chi connectivity index (χ1) is 9.81. The highest BCUT2D eigenvalue weighted by Gasteiger charge is 2.31. The number of nitrogens with zero attached hydrogens (tertiary/aromatic N) is 2. The Labute approximate surface area is 117 Å². The number of hydrogen-bond donors (Lipinski definition) is 2. The fourth-order valence-electron chi connectivity index (χ4n) is 2.59. The zero-order valence-corrected chi connectivity index (χ0v) is 11.1. The van der Waals surface area contributed by atoms with Gasteiger partial charge < -0.3 is 10.7 Å². The van der Waals surface area contributed by atoms with Crippen LogP contribution in [0.4, 0.5) is 0 Å². The third kappa shape index (κ3) is 1.98. The highest BCUT2D eigenvalue weighted by Crippen LogP contribution is 2.39. The number of hydrogen-bond acceptors (Lipinski definition) is 3. The van der Waals surface area contributed by atoms with Crippen molar-refractivity contribution >= 4 is 11.0 Å². The molecule has 1 aliphatic rings. The van der Waals surface area contributed by atoms with Gasteiger partial charge in [0.25, 0.3) is 0 Å². The first-order valence-electron chi connectivity index (χ1n) is 6.97. The normalized spacial score (nSPS) is 16.4. The number of aromatic nitrogens is 3. The molecule has 4 nitrogen and oxygen atoms in total. The van der Waals surface area contributed by atoms with Gasteiger partial charge in [-0.05, 0) is 54.2 Å². The summed E-state index contributed by atoms with van der Waals surface area (Å²) in [6.45, 7) is 0. The standard InChI is InChI=1S/C16H16N4/c17-15(11-1-2-11)16-19-13-4-3-12(9-14(13)20-16)10-5-7-18-8-6-10/h3-9,11,15H,1-2,17H2,(H,19,20)/t15-/m1/s1. The van der Waals surface area contributed by atoms with E-state index in [1.165, 1.54) is 12.8 Å². The minimum absolute atomic E-state index is 0.0479. The number of rotatable bonds is 3. The Morgan fingerprint density at radius 1 is 1.10 bits per heavy atom. The summed E-state index contributed by atoms with van der Waals surface area (Å²) >= 11 is 0. The lowest BCUT2D eigenvalue weighted by Gasteiger charge is -2.04. The van der Waals surface area contributed by atoms with Crippen molar-refractivity contribution in [1.29, 1.82) is 0 Å². The van der Waals surface area contributed by atoms with Crippen molar-refractivity contribution in [2.75, 3.05) is 0 Å². The van der Waals surface area contributed by atoms with Crippen LogP contribution in [0.2, 0.25) is 0 Å². The van der Waals surface area contributed by atoms with Crippen molar-refractivity contribution in [1.82, 2.24) is 15.0 Å². The molecule has 0 amide bonds. The molecule has 4 heteroatoms. The number of pyridine rings is 1. The van der Waals surface area contributed by atoms with E-state index >= 15 is 0 Å². The molecule has 1 atom stereocenters. The van der Waals surface area contributed by atoms with E-state index in [9.17, 15) is 0 Å². The maximum atomic E-state index is 6.21. The van der Waals surface area contributed by atoms with Gasteiger partial charge in [0.2, 0.25) is 0 Å². The molecule has 20 heavy (non-hydrogen) atoms. The van der Waals surface area contributed by atoms with Crippen LogP contribution in [-0.4, -0.2) is 15.0 Å². The molecular weight excluding hydrogens is 248 g/mol. The van der Waals surface area contributed by atoms with Crippen LogP contribution in [-0.2, 0) is 0 Å². The Morgan fingerprint density at radius 2 is 1.90 bits per heavy atom. The Bertz CT molecular complexity index is 744. The topological polar surface area (TPSA) is 67.6 Å². The second-order valence-electron chi connectivity index (χ2n) is 5.45. The summed E-state index contributed by atoms with van der Waals surface area (Å²) in [5.74, 6) is 1.52. The third-order valence-corrected chi connectivity index (χ3v) is 3.96. The molecule has 4 rings (SSSR count). The van der Waals surface area contributed by atoms with Crippen molar-refractivity contribution < 1.29 is 0 Å². The summed E-state index contributed by atoms with van der Waals surface area (Å²) in [5, 5.41) is 0. The van der Waals surface area contributed by atoms with Gasteiger partial charge in [-0.25, -0.2) is 4.98 Å². The SMILES string of the molecule is N[C@@H](c1nc2ccc(-c3ccncc3)cc2[nH]1)C1CC1. The Kier molecular flexibility index (Phi) is 2.57. The quantitative estimate of drug-likeness (QED) is 0.764. The van der Waals surface area contributed by atoms with Crippen LogP contribution in [0.1, 0.15) is 24.7 Å². The lowest BCUT2D eigenvalue weighted by Crippen LogP contribution is -2.13. The van der Waals surface area contributed by atoms with Crippen molar-refractivity contribution in [3.8, 4) is 11.1 Å². The molecule has 1 fully saturated rings. The average Bonchev–Trinajstić information content (AvgIpc) is 3.25. The molecule has 1 aromatic carbocycles. The minimum atomic E-state index is 0.0479. The first-order valence-corrected chi connectivity index (χ1v) is 6.97. The molecule has 0 bridgehead atoms. The van der Waals surface area contributed by atoms with E-state index in [4.69, 9.17) is 5.73 Å². The van der Waals surface area contributed by atoms with Crippen LogP contribution >= 0.6 is 0 Å². The smallest absolute Gasteiger partial charge is 0.124 e. The van der Waals surface area contributed by atoms with E-state index < -0.39 is 0 Å². The van der Waals surface area contributed by atoms with Crippen LogP contribution in [0.5, 0.6) is 0 Å². The van der Waals surface area contributed by atoms with Gasteiger partial charge in [0.15, 0.2) is 0 Å². The predicted octanol–water partition coefficient (Wildman–Crippen LogP) is 3.03. The van der Waals surface area contributed by atoms with Crippen LogP contribution in [0, 0.1) is 5.92 Å². The van der Waals surface area contributed by atoms with Gasteiger partial charge in [-0.1, -0.05) is 6.07 Å². The molecule has 0 spiro atoms. The van der Waals surface area contributed by atoms with Crippen molar-refractivity contribution in [3.63, 3.8) is 0 Å². The van der Waals surface area contributed by atoms with Crippen LogP contribution < -0.4 is 5.73 Å². The van der Waals surface area contributed by atoms with Gasteiger partial charge in [-0.2, -0.15) is 0 Å². The zero-order chi connectivity index (χ0) is 13.5. The molecule has 1 saturated carbocycles. The monoisotopic (exact) mass is 264 g/mol. The van der Waals surface area contributed by atoms with Gasteiger partial charge in [-0.15, -0.1) is 0 Å². The lowest BCUT2D eigenvalue weighted by molar-refractivity contribution is 0.602. The number of imidazole rings is 1. The largest absolute Gasteiger partial charge is 0.341 e. The van der Waals surface area contributed by atoms with Crippen molar-refractivity contribution in [3.05, 3.63) is 48.5 Å². The zero-order valence-electron chi connectivity index (χ0n) is 11.1. The maximum Gasteiger partial charge on any atom is 0.124 e. The summed E-state index contributed by atoms with van der Waals surface area (Å²) in [6.07, 6.45) is 6.06. The number of benzene rings is 1. The van der Waals surface area contributed by atoms with Gasteiger partial charge in [0, 0.05) is 12.4 Å². The van der Waals surface area contributed by atoms with Gasteiger partial charge in [0.05, 0.1) is 17.1 Å². The molecule has 0 saturated heterocycles. The number of H-pyrrole nitrogens is 1. The number of nitrogens with two attached hydrogens (primary N) is 1. The highest BCUT2D eigenvalue weighted by molar-refractivity contribution is 5.81. The van der Waals surface area contributed by atoms with Gasteiger partial charge >= 0.3 is 0 Å². The minimum Gasteiger partial charge on any atom is -0.341 e. The molecule has 2 heterocycles. The molecule has 2 aromatic heterocycles. The van der Waals surface area contributed by atoms with E-state index in [1.54, 1.807) is 12.4 Å². The number of nitrogens with one attached hydrogen (secondary N) is 1. The molecule has 3 aromatic rings. The van der Waals surface area contributed by atoms with Crippen LogP contribution in [0.3, 0.4) is 0 Å². The fourth-order valence-corrected chi connectivity index (χ4v) is 2.59. The molecule has 1 aliphatic carbocycles. The van der Waals surface area contributed by atoms with Crippen molar-refractivity contribution in [2.45, 2.75) is 18.9 Å². The number of aromatic amines is 1. The van der Waals surface area contributed by atoms with Gasteiger partial charge in [-0.3, -0.25) is 4.98 Å². The fraction of sp³-hybridized carbons (Fsp3) is 0.250. The Balaban J connectivity index is 1.75. The average molecular weight is 264 g/mol. The summed E-state index contributed by atoms with van der Waals surface area (Å²) < 4.78 is 0. The van der Waals surface area contributed by atoms with E-state index in [1.807, 2.05) is 18.2 Å². The molecule has 3 N–H and O–H groups in total. The second-order valence-corrected chi connectivity index (χ2v) is 5.45. The van der Waals surface area contributed by atoms with Crippen LogP contribution in [0.25, 0.3) is 22.2 Å². The number of fused-ring (bicyclic) bond motifs is 1. The van der Waals surface area contributed by atoms with E-state index in [0.717, 1.165) is 28.0 Å². The molecular formula is C16H16N4. The summed E-state index contributed by atoms with van der Waals surface area (Å²) in [4.78, 5) is 12.0. The Morgan fingerprint density at radius 3 is 2.65 bits per heavy atom. The van der Waals surface area contributed by atoms with E-state index in [-0.39, 0.29) is 6.04 Å². The molecule has 0 radical (unpaired) electrons. The van der Waals surface area contributed by atoms with E-state index in [0.29, 0.717) is 5.92 Å². The van der Waals surface area contributed by atoms with Gasteiger partial charge in [0.1, 0.15) is 5.82 Å². The summed E-state index contributed by atoms with van der Waals surface area (Å²) in [6, 6.07) is 10.3. The molecule has 100 valence electrons. The van der Waals surface area contributed by atoms with Crippen LogP contribution in [0.15, 0.2) is 42.7 Å². The summed E-state index contributed by atoms with van der Waals surface area (Å²) in [5.41, 5.74) is 10.6. The molecule has 0 unspecified atom stereocenters. The first kappa shape index (κ1) is 11.6. The second kappa shape index (κ2) is 4.42. The lowest BCUT2D eigenvalue weighted by atomic mass is 10.1. The van der Waals surface area contributed by atoms with E-state index in [2.05, 4.69) is 27.1 Å². The maximum absolute atomic E-state index is 6.21. The molecule has 0 aliphatic heterocycles. The third-order valence-electron chi connectivity index (χ3n) is 3.96. The highest BCUT2D eigenvalue weighted by atomic mass is 15.0. The predicted molar refractivity (Wildman–Crippen MR) is 79.0 cm³/mol.